The summed E-state index contributed by atoms with van der Waals surface area (Å²) >= 11 is 0. The molecule has 0 aromatic heterocycles. The number of anilines is 2. The van der Waals surface area contributed by atoms with Crippen molar-refractivity contribution in [3.63, 3.8) is 0 Å². The molecule has 30 heavy (non-hydrogen) atoms. The number of carbonyl (C=O) groups is 2. The van der Waals surface area contributed by atoms with Crippen molar-refractivity contribution in [1.82, 2.24) is 0 Å². The van der Waals surface area contributed by atoms with Gasteiger partial charge in [0, 0.05) is 18.7 Å². The molecule has 0 heterocycles. The largest absolute Gasteiger partial charge is 0.465 e. The van der Waals surface area contributed by atoms with Gasteiger partial charge in [-0.3, -0.25) is 9.10 Å². The van der Waals surface area contributed by atoms with Crippen molar-refractivity contribution >= 4 is 33.3 Å². The van der Waals surface area contributed by atoms with Gasteiger partial charge < -0.3 is 10.1 Å². The summed E-state index contributed by atoms with van der Waals surface area (Å²) in [5.74, 6) is -0.739. The van der Waals surface area contributed by atoms with Crippen LogP contribution in [0.1, 0.15) is 39.9 Å². The molecule has 0 saturated carbocycles. The molecule has 2 aromatic carbocycles. The van der Waals surface area contributed by atoms with Crippen LogP contribution in [0.25, 0.3) is 0 Å². The number of carbonyl (C=O) groups excluding carboxylic acids is 2. The molecule has 1 amide bonds. The molecule has 2 aromatic rings. The van der Waals surface area contributed by atoms with Crippen LogP contribution in [0, 0.1) is 20.8 Å². The second-order valence-corrected chi connectivity index (χ2v) is 9.13. The number of ether oxygens (including phenoxy) is 1. The second kappa shape index (κ2) is 9.75. The van der Waals surface area contributed by atoms with Crippen molar-refractivity contribution in [2.75, 3.05) is 29.5 Å². The van der Waals surface area contributed by atoms with Gasteiger partial charge in [-0.25, -0.2) is 13.2 Å². The van der Waals surface area contributed by atoms with Gasteiger partial charge in [0.25, 0.3) is 0 Å². The fourth-order valence-corrected chi connectivity index (χ4v) is 4.08. The van der Waals surface area contributed by atoms with E-state index in [2.05, 4.69) is 5.32 Å². The molecule has 0 bridgehead atoms. The molecular weight excluding hydrogens is 404 g/mol. The van der Waals surface area contributed by atoms with E-state index in [9.17, 15) is 18.0 Å². The third kappa shape index (κ3) is 5.82. The summed E-state index contributed by atoms with van der Waals surface area (Å²) in [6.07, 6.45) is 1.65. The van der Waals surface area contributed by atoms with E-state index in [1.54, 1.807) is 24.3 Å². The van der Waals surface area contributed by atoms with Gasteiger partial charge in [0.15, 0.2) is 0 Å². The van der Waals surface area contributed by atoms with Gasteiger partial charge in [-0.1, -0.05) is 18.2 Å². The van der Waals surface area contributed by atoms with Gasteiger partial charge in [-0.05, 0) is 62.1 Å². The van der Waals surface area contributed by atoms with Crippen molar-refractivity contribution in [3.05, 3.63) is 58.7 Å². The summed E-state index contributed by atoms with van der Waals surface area (Å²) in [7, 11) is -2.19. The molecule has 0 radical (unpaired) electrons. The van der Waals surface area contributed by atoms with Crippen LogP contribution in [0.3, 0.4) is 0 Å². The summed E-state index contributed by atoms with van der Waals surface area (Å²) < 4.78 is 30.7. The Balaban J connectivity index is 2.07. The first kappa shape index (κ1) is 23.4. The molecule has 0 aliphatic rings. The molecule has 0 aliphatic heterocycles. The summed E-state index contributed by atoms with van der Waals surface area (Å²) in [6.45, 7) is 5.82. The maximum atomic E-state index is 12.4. The van der Waals surface area contributed by atoms with Crippen molar-refractivity contribution in [2.45, 2.75) is 33.6 Å². The highest BCUT2D eigenvalue weighted by molar-refractivity contribution is 7.92. The molecule has 7 nitrogen and oxygen atoms in total. The molecule has 0 saturated heterocycles. The Morgan fingerprint density at radius 2 is 1.77 bits per heavy atom. The highest BCUT2D eigenvalue weighted by Gasteiger charge is 2.20. The third-order valence-electron chi connectivity index (χ3n) is 4.94. The molecule has 0 unspecified atom stereocenters. The standard InChI is InChI=1S/C22H28N2O5S/c1-15-8-6-9-20(17(15)3)24(30(5,27)28)13-7-10-21(25)23-19-14-18(22(26)29-4)12-11-16(19)2/h6,8-9,11-12,14H,7,10,13H2,1-5H3,(H,23,25). The fourth-order valence-electron chi connectivity index (χ4n) is 3.07. The first-order chi connectivity index (χ1) is 14.0. The van der Waals surface area contributed by atoms with E-state index in [4.69, 9.17) is 4.74 Å². The van der Waals surface area contributed by atoms with Crippen LogP contribution in [0.2, 0.25) is 0 Å². The van der Waals surface area contributed by atoms with E-state index >= 15 is 0 Å². The Kier molecular flexibility index (Phi) is 7.61. The van der Waals surface area contributed by atoms with E-state index in [1.807, 2.05) is 32.9 Å². The Bertz CT molecular complexity index is 1050. The van der Waals surface area contributed by atoms with Crippen LogP contribution in [-0.4, -0.2) is 40.2 Å². The average Bonchev–Trinajstić information content (AvgIpc) is 2.68. The quantitative estimate of drug-likeness (QED) is 0.644. The van der Waals surface area contributed by atoms with Gasteiger partial charge in [0.05, 0.1) is 24.6 Å². The lowest BCUT2D eigenvalue weighted by Crippen LogP contribution is -2.32. The Hall–Kier alpha value is -2.87. The van der Waals surface area contributed by atoms with Crippen molar-refractivity contribution in [1.29, 1.82) is 0 Å². The molecule has 0 atom stereocenters. The second-order valence-electron chi connectivity index (χ2n) is 7.23. The highest BCUT2D eigenvalue weighted by atomic mass is 32.2. The third-order valence-corrected chi connectivity index (χ3v) is 6.12. The van der Waals surface area contributed by atoms with Gasteiger partial charge in [0.1, 0.15) is 0 Å². The Morgan fingerprint density at radius 3 is 2.40 bits per heavy atom. The van der Waals surface area contributed by atoms with E-state index < -0.39 is 16.0 Å². The SMILES string of the molecule is COC(=O)c1ccc(C)c(NC(=O)CCCN(c2cccc(C)c2C)S(C)(=O)=O)c1. The predicted molar refractivity (Wildman–Crippen MR) is 118 cm³/mol. The summed E-state index contributed by atoms with van der Waals surface area (Å²) in [6, 6.07) is 10.4. The van der Waals surface area contributed by atoms with E-state index in [0.717, 1.165) is 22.9 Å². The Labute approximate surface area is 178 Å². The number of hydrogen-bond acceptors (Lipinski definition) is 5. The summed E-state index contributed by atoms with van der Waals surface area (Å²) in [5.41, 5.74) is 4.19. The zero-order valence-corrected chi connectivity index (χ0v) is 18.8. The first-order valence-corrected chi connectivity index (χ1v) is 11.4. The van der Waals surface area contributed by atoms with Crippen LogP contribution in [0.4, 0.5) is 11.4 Å². The van der Waals surface area contributed by atoms with Crippen LogP contribution >= 0.6 is 0 Å². The van der Waals surface area contributed by atoms with E-state index in [-0.39, 0.29) is 18.9 Å². The first-order valence-electron chi connectivity index (χ1n) is 9.57. The zero-order chi connectivity index (χ0) is 22.5. The van der Waals surface area contributed by atoms with Gasteiger partial charge in [0.2, 0.25) is 15.9 Å². The number of aryl methyl sites for hydroxylation is 2. The molecular formula is C22H28N2O5S. The van der Waals surface area contributed by atoms with Gasteiger partial charge in [-0.15, -0.1) is 0 Å². The smallest absolute Gasteiger partial charge is 0.337 e. The van der Waals surface area contributed by atoms with Crippen molar-refractivity contribution in [2.24, 2.45) is 0 Å². The normalized spacial score (nSPS) is 11.1. The van der Waals surface area contributed by atoms with Gasteiger partial charge >= 0.3 is 5.97 Å². The van der Waals surface area contributed by atoms with E-state index in [0.29, 0.717) is 23.4 Å². The number of sulfonamides is 1. The minimum atomic E-state index is -3.49. The topological polar surface area (TPSA) is 92.8 Å². The molecule has 0 aliphatic carbocycles. The van der Waals surface area contributed by atoms with Crippen LogP contribution < -0.4 is 9.62 Å². The minimum Gasteiger partial charge on any atom is -0.465 e. The lowest BCUT2D eigenvalue weighted by Gasteiger charge is -2.25. The van der Waals surface area contributed by atoms with Crippen LogP contribution in [0.5, 0.6) is 0 Å². The predicted octanol–water partition coefficient (Wildman–Crippen LogP) is 3.58. The number of amides is 1. The lowest BCUT2D eigenvalue weighted by molar-refractivity contribution is -0.116. The van der Waals surface area contributed by atoms with Crippen LogP contribution in [-0.2, 0) is 19.6 Å². The number of esters is 1. The van der Waals surface area contributed by atoms with Crippen LogP contribution in [0.15, 0.2) is 36.4 Å². The number of nitrogens with zero attached hydrogens (tertiary/aromatic N) is 1. The van der Waals surface area contributed by atoms with Gasteiger partial charge in [-0.2, -0.15) is 0 Å². The maximum Gasteiger partial charge on any atom is 0.337 e. The number of benzene rings is 2. The molecule has 0 fully saturated rings. The number of nitrogens with one attached hydrogen (secondary N) is 1. The highest BCUT2D eigenvalue weighted by Crippen LogP contribution is 2.25. The Morgan fingerprint density at radius 1 is 1.07 bits per heavy atom. The molecule has 8 heteroatoms. The maximum absolute atomic E-state index is 12.4. The molecule has 0 spiro atoms. The molecule has 2 rings (SSSR count). The van der Waals surface area contributed by atoms with E-state index in [1.165, 1.54) is 11.4 Å². The average molecular weight is 433 g/mol. The van der Waals surface area contributed by atoms with Crippen molar-refractivity contribution < 1.29 is 22.7 Å². The lowest BCUT2D eigenvalue weighted by atomic mass is 10.1. The van der Waals surface area contributed by atoms with Crippen molar-refractivity contribution in [3.8, 4) is 0 Å². The number of rotatable bonds is 8. The molecule has 1 N–H and O–H groups in total. The minimum absolute atomic E-state index is 0.138. The zero-order valence-electron chi connectivity index (χ0n) is 18.0. The summed E-state index contributed by atoms with van der Waals surface area (Å²) in [5, 5.41) is 2.79. The molecule has 162 valence electrons. The fraction of sp³-hybridized carbons (Fsp3) is 0.364. The monoisotopic (exact) mass is 432 g/mol. The summed E-state index contributed by atoms with van der Waals surface area (Å²) in [4.78, 5) is 24.1. The number of hydrogen-bond donors (Lipinski definition) is 1. The number of methoxy groups -OCH3 is 1.